The second kappa shape index (κ2) is 9.71. The van der Waals surface area contributed by atoms with Crippen molar-refractivity contribution >= 4 is 13.7 Å². The molecule has 0 aliphatic rings. The van der Waals surface area contributed by atoms with Crippen molar-refractivity contribution in [2.45, 2.75) is 33.5 Å². The molecule has 1 atom stereocenters. The molecular formula is C16H26NO5P. The molecule has 130 valence electrons. The van der Waals surface area contributed by atoms with E-state index in [0.29, 0.717) is 12.1 Å². The number of amides is 1. The van der Waals surface area contributed by atoms with Gasteiger partial charge in [-0.25, -0.2) is 4.79 Å². The molecule has 0 aliphatic carbocycles. The highest BCUT2D eigenvalue weighted by Crippen LogP contribution is 2.62. The third-order valence-corrected chi connectivity index (χ3v) is 5.57. The molecule has 0 bridgehead atoms. The Morgan fingerprint density at radius 3 is 2.04 bits per heavy atom. The molecule has 7 heteroatoms. The van der Waals surface area contributed by atoms with Crippen molar-refractivity contribution in [3.05, 3.63) is 35.9 Å². The summed E-state index contributed by atoms with van der Waals surface area (Å²) in [7, 11) is -3.58. The maximum Gasteiger partial charge on any atom is 0.410 e. The van der Waals surface area contributed by atoms with Gasteiger partial charge in [-0.05, 0) is 33.3 Å². The van der Waals surface area contributed by atoms with Crippen LogP contribution in [-0.4, -0.2) is 37.4 Å². The zero-order valence-corrected chi connectivity index (χ0v) is 15.1. The van der Waals surface area contributed by atoms with E-state index >= 15 is 0 Å². The number of ether oxygens (including phenoxy) is 1. The monoisotopic (exact) mass is 343 g/mol. The van der Waals surface area contributed by atoms with Crippen molar-refractivity contribution < 1.29 is 23.1 Å². The topological polar surface area (TPSA) is 65.1 Å². The molecule has 0 aliphatic heterocycles. The number of nitrogens with zero attached hydrogens (tertiary/aromatic N) is 1. The summed E-state index contributed by atoms with van der Waals surface area (Å²) in [4.78, 5) is 13.7. The molecule has 23 heavy (non-hydrogen) atoms. The summed E-state index contributed by atoms with van der Waals surface area (Å²) >= 11 is 0. The van der Waals surface area contributed by atoms with E-state index in [2.05, 4.69) is 0 Å². The summed E-state index contributed by atoms with van der Waals surface area (Å²) in [5, 5.41) is 0. The molecule has 0 saturated carbocycles. The van der Waals surface area contributed by atoms with Crippen LogP contribution in [0.15, 0.2) is 30.3 Å². The molecule has 0 radical (unpaired) electrons. The summed E-state index contributed by atoms with van der Waals surface area (Å²) in [6, 6.07) is 9.11. The second-order valence-electron chi connectivity index (χ2n) is 4.64. The lowest BCUT2D eigenvalue weighted by Crippen LogP contribution is -2.36. The zero-order valence-electron chi connectivity index (χ0n) is 14.2. The fraction of sp³-hybridized carbons (Fsp3) is 0.562. The van der Waals surface area contributed by atoms with E-state index in [1.807, 2.05) is 18.2 Å². The van der Waals surface area contributed by atoms with E-state index in [1.54, 1.807) is 39.8 Å². The van der Waals surface area contributed by atoms with Gasteiger partial charge in [0.15, 0.2) is 5.78 Å². The molecule has 0 spiro atoms. The van der Waals surface area contributed by atoms with Crippen molar-refractivity contribution in [3.8, 4) is 0 Å². The predicted molar refractivity (Wildman–Crippen MR) is 89.4 cm³/mol. The molecular weight excluding hydrogens is 317 g/mol. The molecule has 0 N–H and O–H groups in total. The molecule has 0 fully saturated rings. The van der Waals surface area contributed by atoms with Crippen molar-refractivity contribution in [1.82, 2.24) is 4.90 Å². The Morgan fingerprint density at radius 2 is 1.61 bits per heavy atom. The lowest BCUT2D eigenvalue weighted by molar-refractivity contribution is 0.0942. The zero-order chi connectivity index (χ0) is 17.3. The minimum absolute atomic E-state index is 0.223. The van der Waals surface area contributed by atoms with Crippen LogP contribution in [0.5, 0.6) is 0 Å². The largest absolute Gasteiger partial charge is 0.450 e. The van der Waals surface area contributed by atoms with Crippen molar-refractivity contribution in [3.63, 3.8) is 0 Å². The lowest BCUT2D eigenvalue weighted by Gasteiger charge is -2.34. The molecule has 1 aromatic carbocycles. The first-order chi connectivity index (χ1) is 11.0. The number of carbonyl (C=O) groups is 1. The van der Waals surface area contributed by atoms with Gasteiger partial charge in [0.25, 0.3) is 0 Å². The quantitative estimate of drug-likeness (QED) is 0.621. The second-order valence-corrected chi connectivity index (χ2v) is 6.73. The SMILES string of the molecule is CCOC(=O)N(CC)C(c1ccccc1)P(=O)(OCC)OCC. The first kappa shape index (κ1) is 19.7. The minimum atomic E-state index is -3.58. The average molecular weight is 343 g/mol. The minimum Gasteiger partial charge on any atom is -0.450 e. The van der Waals surface area contributed by atoms with Gasteiger partial charge in [-0.1, -0.05) is 30.3 Å². The molecule has 1 aromatic rings. The van der Waals surface area contributed by atoms with Gasteiger partial charge in [0.1, 0.15) is 0 Å². The van der Waals surface area contributed by atoms with Crippen LogP contribution in [0.2, 0.25) is 0 Å². The maximum atomic E-state index is 13.3. The Labute approximate surface area is 138 Å². The van der Waals surface area contributed by atoms with Gasteiger partial charge in [-0.2, -0.15) is 0 Å². The van der Waals surface area contributed by atoms with E-state index in [4.69, 9.17) is 13.8 Å². The number of hydrogen-bond acceptors (Lipinski definition) is 5. The van der Waals surface area contributed by atoms with Crippen molar-refractivity contribution in [2.75, 3.05) is 26.4 Å². The van der Waals surface area contributed by atoms with Gasteiger partial charge in [0.2, 0.25) is 0 Å². The summed E-state index contributed by atoms with van der Waals surface area (Å²) in [6.07, 6.45) is -0.538. The molecule has 1 unspecified atom stereocenters. The first-order valence-corrected chi connectivity index (χ1v) is 9.52. The van der Waals surface area contributed by atoms with Crippen molar-refractivity contribution in [1.29, 1.82) is 0 Å². The summed E-state index contributed by atoms with van der Waals surface area (Å²) in [6.45, 7) is 8.03. The van der Waals surface area contributed by atoms with E-state index in [-0.39, 0.29) is 19.8 Å². The van der Waals surface area contributed by atoms with Crippen LogP contribution in [0, 0.1) is 0 Å². The Balaban J connectivity index is 3.35. The molecule has 1 amide bonds. The number of hydrogen-bond donors (Lipinski definition) is 0. The predicted octanol–water partition coefficient (Wildman–Crippen LogP) is 4.43. The summed E-state index contributed by atoms with van der Waals surface area (Å²) in [5.41, 5.74) is 0.688. The van der Waals surface area contributed by atoms with E-state index in [9.17, 15) is 9.36 Å². The fourth-order valence-electron chi connectivity index (χ4n) is 2.31. The van der Waals surface area contributed by atoms with Crippen LogP contribution in [0.3, 0.4) is 0 Å². The Kier molecular flexibility index (Phi) is 8.31. The average Bonchev–Trinajstić information content (AvgIpc) is 2.53. The van der Waals surface area contributed by atoms with Crippen LogP contribution in [0.4, 0.5) is 4.79 Å². The summed E-state index contributed by atoms with van der Waals surface area (Å²) < 4.78 is 29.4. The third-order valence-electron chi connectivity index (χ3n) is 3.15. The Morgan fingerprint density at radius 1 is 1.04 bits per heavy atom. The van der Waals surface area contributed by atoms with E-state index in [1.165, 1.54) is 4.90 Å². The number of benzene rings is 1. The van der Waals surface area contributed by atoms with Gasteiger partial charge in [0, 0.05) is 6.54 Å². The fourth-order valence-corrected chi connectivity index (χ4v) is 4.52. The van der Waals surface area contributed by atoms with Crippen LogP contribution < -0.4 is 0 Å². The highest BCUT2D eigenvalue weighted by molar-refractivity contribution is 7.54. The van der Waals surface area contributed by atoms with Gasteiger partial charge < -0.3 is 13.8 Å². The third kappa shape index (κ3) is 5.06. The lowest BCUT2D eigenvalue weighted by atomic mass is 10.2. The van der Waals surface area contributed by atoms with Gasteiger partial charge in [-0.3, -0.25) is 9.46 Å². The highest BCUT2D eigenvalue weighted by Gasteiger charge is 2.43. The highest BCUT2D eigenvalue weighted by atomic mass is 31.2. The first-order valence-electron chi connectivity index (χ1n) is 7.91. The van der Waals surface area contributed by atoms with E-state index < -0.39 is 19.5 Å². The standard InChI is InChI=1S/C16H26NO5P/c1-5-17(16(18)20-6-2)15(14-12-10-9-11-13-14)23(19,21-7-3)22-8-4/h9-13,15H,5-8H2,1-4H3. The van der Waals surface area contributed by atoms with Gasteiger partial charge >= 0.3 is 13.7 Å². The summed E-state index contributed by atoms with van der Waals surface area (Å²) in [5.74, 6) is -0.840. The number of carbonyl (C=O) groups excluding carboxylic acids is 1. The van der Waals surface area contributed by atoms with Gasteiger partial charge in [0.05, 0.1) is 19.8 Å². The molecule has 0 aromatic heterocycles. The van der Waals surface area contributed by atoms with Crippen LogP contribution >= 0.6 is 7.60 Å². The Bertz CT molecular complexity index is 512. The maximum absolute atomic E-state index is 13.3. The van der Waals surface area contributed by atoms with E-state index in [0.717, 1.165) is 0 Å². The normalized spacial score (nSPS) is 12.7. The molecule has 1 rings (SSSR count). The molecule has 0 saturated heterocycles. The molecule has 0 heterocycles. The molecule has 6 nitrogen and oxygen atoms in total. The smallest absolute Gasteiger partial charge is 0.410 e. The van der Waals surface area contributed by atoms with Crippen LogP contribution in [0.25, 0.3) is 0 Å². The van der Waals surface area contributed by atoms with Gasteiger partial charge in [-0.15, -0.1) is 0 Å². The number of rotatable bonds is 9. The Hall–Kier alpha value is -1.36. The van der Waals surface area contributed by atoms with Crippen LogP contribution in [0.1, 0.15) is 39.0 Å². The van der Waals surface area contributed by atoms with Crippen LogP contribution in [-0.2, 0) is 18.3 Å². The van der Waals surface area contributed by atoms with Crippen molar-refractivity contribution in [2.24, 2.45) is 0 Å².